The van der Waals surface area contributed by atoms with Crippen molar-refractivity contribution in [2.24, 2.45) is 0 Å². The molecule has 3 rings (SSSR count). The molecular formula is C14H24N4O. The van der Waals surface area contributed by atoms with Crippen molar-refractivity contribution in [2.45, 2.75) is 50.5 Å². The van der Waals surface area contributed by atoms with Crippen LogP contribution in [-0.4, -0.2) is 47.8 Å². The fourth-order valence-corrected chi connectivity index (χ4v) is 3.22. The van der Waals surface area contributed by atoms with E-state index in [2.05, 4.69) is 27.4 Å². The maximum atomic E-state index is 5.44. The largest absolute Gasteiger partial charge is 0.339 e. The molecule has 0 aromatic carbocycles. The highest BCUT2D eigenvalue weighted by atomic mass is 16.5. The number of nitrogens with zero attached hydrogens (tertiary/aromatic N) is 3. The van der Waals surface area contributed by atoms with E-state index in [4.69, 9.17) is 4.52 Å². The maximum absolute atomic E-state index is 5.44. The summed E-state index contributed by atoms with van der Waals surface area (Å²) in [5, 5.41) is 7.71. The number of likely N-dealkylation sites (N-methyl/N-ethyl adjacent to an activating group) is 1. The Morgan fingerprint density at radius 1 is 1.32 bits per heavy atom. The van der Waals surface area contributed by atoms with Crippen molar-refractivity contribution < 1.29 is 4.52 Å². The van der Waals surface area contributed by atoms with Crippen molar-refractivity contribution in [3.8, 4) is 0 Å². The molecule has 0 amide bonds. The molecule has 1 aliphatic carbocycles. The van der Waals surface area contributed by atoms with E-state index in [-0.39, 0.29) is 0 Å². The molecule has 1 N–H and O–H groups in total. The third-order valence-electron chi connectivity index (χ3n) is 4.33. The Balaban J connectivity index is 1.58. The summed E-state index contributed by atoms with van der Waals surface area (Å²) in [4.78, 5) is 6.96. The Hall–Kier alpha value is -0.940. The van der Waals surface area contributed by atoms with Crippen molar-refractivity contribution in [3.05, 3.63) is 11.7 Å². The highest BCUT2D eigenvalue weighted by molar-refractivity contribution is 4.98. The minimum atomic E-state index is 0.443. The Morgan fingerprint density at radius 2 is 2.16 bits per heavy atom. The smallest absolute Gasteiger partial charge is 0.228 e. The van der Waals surface area contributed by atoms with E-state index in [0.717, 1.165) is 37.8 Å². The van der Waals surface area contributed by atoms with Crippen molar-refractivity contribution >= 4 is 0 Å². The normalized spacial score (nSPS) is 26.7. The molecule has 1 unspecified atom stereocenters. The molecule has 1 atom stereocenters. The second-order valence-electron chi connectivity index (χ2n) is 6.00. The first-order valence-corrected chi connectivity index (χ1v) is 7.55. The molecule has 5 nitrogen and oxygen atoms in total. The highest BCUT2D eigenvalue weighted by Crippen LogP contribution is 2.30. The van der Waals surface area contributed by atoms with Crippen LogP contribution in [0.25, 0.3) is 0 Å². The molecule has 1 saturated carbocycles. The van der Waals surface area contributed by atoms with Gasteiger partial charge in [-0.2, -0.15) is 4.98 Å². The van der Waals surface area contributed by atoms with Crippen molar-refractivity contribution in [2.75, 3.05) is 26.7 Å². The van der Waals surface area contributed by atoms with Crippen LogP contribution in [0.3, 0.4) is 0 Å². The summed E-state index contributed by atoms with van der Waals surface area (Å²) in [5.74, 6) is 2.28. The van der Waals surface area contributed by atoms with Gasteiger partial charge < -0.3 is 14.7 Å². The van der Waals surface area contributed by atoms with Crippen LogP contribution >= 0.6 is 0 Å². The summed E-state index contributed by atoms with van der Waals surface area (Å²) < 4.78 is 5.44. The van der Waals surface area contributed by atoms with Gasteiger partial charge in [-0.25, -0.2) is 0 Å². The Morgan fingerprint density at radius 3 is 2.95 bits per heavy atom. The SMILES string of the molecule is CN1CCNC(Cc2nc(C3CCCCC3)no2)C1. The zero-order chi connectivity index (χ0) is 13.1. The van der Waals surface area contributed by atoms with Crippen LogP contribution in [0, 0.1) is 0 Å². The maximum Gasteiger partial charge on any atom is 0.228 e. The number of rotatable bonds is 3. The van der Waals surface area contributed by atoms with Crippen LogP contribution in [0.15, 0.2) is 4.52 Å². The summed E-state index contributed by atoms with van der Waals surface area (Å²) in [6, 6.07) is 0.443. The lowest BCUT2D eigenvalue weighted by Gasteiger charge is -2.29. The van der Waals surface area contributed by atoms with E-state index in [1.54, 1.807) is 0 Å². The summed E-state index contributed by atoms with van der Waals surface area (Å²) in [5.41, 5.74) is 0. The molecule has 2 heterocycles. The molecule has 1 aromatic rings. The van der Waals surface area contributed by atoms with Crippen LogP contribution < -0.4 is 5.32 Å². The topological polar surface area (TPSA) is 54.2 Å². The van der Waals surface area contributed by atoms with Crippen LogP contribution in [0.4, 0.5) is 0 Å². The van der Waals surface area contributed by atoms with Gasteiger partial charge in [-0.1, -0.05) is 24.4 Å². The van der Waals surface area contributed by atoms with Gasteiger partial charge in [0, 0.05) is 38.0 Å². The van der Waals surface area contributed by atoms with Gasteiger partial charge in [-0.3, -0.25) is 0 Å². The van der Waals surface area contributed by atoms with E-state index in [9.17, 15) is 0 Å². The lowest BCUT2D eigenvalue weighted by Crippen LogP contribution is -2.49. The van der Waals surface area contributed by atoms with Gasteiger partial charge in [0.25, 0.3) is 0 Å². The van der Waals surface area contributed by atoms with E-state index < -0.39 is 0 Å². The lowest BCUT2D eigenvalue weighted by atomic mass is 9.89. The van der Waals surface area contributed by atoms with Crippen molar-refractivity contribution in [1.82, 2.24) is 20.4 Å². The average Bonchev–Trinajstić information content (AvgIpc) is 2.88. The molecule has 1 saturated heterocycles. The Kier molecular flexibility index (Phi) is 4.13. The molecule has 1 aromatic heterocycles. The van der Waals surface area contributed by atoms with Crippen LogP contribution in [0.1, 0.15) is 49.7 Å². The summed E-state index contributed by atoms with van der Waals surface area (Å²) in [6.07, 6.45) is 7.28. The molecule has 0 bridgehead atoms. The zero-order valence-corrected chi connectivity index (χ0v) is 11.8. The Bertz CT molecular complexity index is 400. The third kappa shape index (κ3) is 3.34. The summed E-state index contributed by atoms with van der Waals surface area (Å²) >= 11 is 0. The fraction of sp³-hybridized carbons (Fsp3) is 0.857. The van der Waals surface area contributed by atoms with Crippen molar-refractivity contribution in [1.29, 1.82) is 0 Å². The van der Waals surface area contributed by atoms with E-state index in [0.29, 0.717) is 12.0 Å². The minimum Gasteiger partial charge on any atom is -0.339 e. The van der Waals surface area contributed by atoms with Gasteiger partial charge in [0.2, 0.25) is 5.89 Å². The fourth-order valence-electron chi connectivity index (χ4n) is 3.22. The molecule has 19 heavy (non-hydrogen) atoms. The molecule has 2 fully saturated rings. The number of aromatic nitrogens is 2. The molecule has 5 heteroatoms. The van der Waals surface area contributed by atoms with Crippen LogP contribution in [0.2, 0.25) is 0 Å². The van der Waals surface area contributed by atoms with Gasteiger partial charge in [0.05, 0.1) is 0 Å². The second-order valence-corrected chi connectivity index (χ2v) is 6.00. The quantitative estimate of drug-likeness (QED) is 0.898. The minimum absolute atomic E-state index is 0.443. The van der Waals surface area contributed by atoms with Gasteiger partial charge >= 0.3 is 0 Å². The van der Waals surface area contributed by atoms with Crippen LogP contribution in [-0.2, 0) is 6.42 Å². The molecule has 0 spiro atoms. The first kappa shape index (κ1) is 13.1. The molecular weight excluding hydrogens is 240 g/mol. The molecule has 106 valence electrons. The Labute approximate surface area is 114 Å². The van der Waals surface area contributed by atoms with Gasteiger partial charge in [-0.05, 0) is 19.9 Å². The number of hydrogen-bond acceptors (Lipinski definition) is 5. The van der Waals surface area contributed by atoms with Gasteiger partial charge in [0.1, 0.15) is 0 Å². The van der Waals surface area contributed by atoms with Crippen molar-refractivity contribution in [3.63, 3.8) is 0 Å². The molecule has 1 aliphatic heterocycles. The molecule has 0 radical (unpaired) electrons. The molecule has 2 aliphatic rings. The summed E-state index contributed by atoms with van der Waals surface area (Å²) in [7, 11) is 2.16. The first-order chi connectivity index (χ1) is 9.31. The van der Waals surface area contributed by atoms with Crippen LogP contribution in [0.5, 0.6) is 0 Å². The lowest BCUT2D eigenvalue weighted by molar-refractivity contribution is 0.227. The number of hydrogen-bond donors (Lipinski definition) is 1. The standard InChI is InChI=1S/C14H24N4O/c1-18-8-7-15-12(10-18)9-13-16-14(17-19-13)11-5-3-2-4-6-11/h11-12,15H,2-10H2,1H3. The van der Waals surface area contributed by atoms with E-state index >= 15 is 0 Å². The number of piperazine rings is 1. The van der Waals surface area contributed by atoms with E-state index in [1.165, 1.54) is 32.1 Å². The average molecular weight is 264 g/mol. The number of nitrogens with one attached hydrogen (secondary N) is 1. The highest BCUT2D eigenvalue weighted by Gasteiger charge is 2.23. The van der Waals surface area contributed by atoms with E-state index in [1.807, 2.05) is 0 Å². The zero-order valence-electron chi connectivity index (χ0n) is 11.8. The second kappa shape index (κ2) is 6.01. The third-order valence-corrected chi connectivity index (χ3v) is 4.33. The predicted octanol–water partition coefficient (Wildman–Crippen LogP) is 1.56. The van der Waals surface area contributed by atoms with Gasteiger partial charge in [-0.15, -0.1) is 0 Å². The summed E-state index contributed by atoms with van der Waals surface area (Å²) in [6.45, 7) is 3.22. The first-order valence-electron chi connectivity index (χ1n) is 7.55. The predicted molar refractivity (Wildman–Crippen MR) is 73.1 cm³/mol. The monoisotopic (exact) mass is 264 g/mol. The van der Waals surface area contributed by atoms with Gasteiger partial charge in [0.15, 0.2) is 5.82 Å².